The molecule has 0 spiro atoms. The van der Waals surface area contributed by atoms with Crippen molar-refractivity contribution in [3.8, 4) is 0 Å². The predicted octanol–water partition coefficient (Wildman–Crippen LogP) is 3.19. The molecule has 0 atom stereocenters. The fraction of sp³-hybridized carbons (Fsp3) is 0.375. The smallest absolute Gasteiger partial charge is 0.386 e. The third kappa shape index (κ3) is 3.67. The first-order valence-electron chi connectivity index (χ1n) is 7.57. The molecule has 0 unspecified atom stereocenters. The average molecular weight is 370 g/mol. The Kier molecular flexibility index (Phi) is 5.05. The first-order chi connectivity index (χ1) is 11.9. The van der Waals surface area contributed by atoms with Gasteiger partial charge in [-0.15, -0.1) is 11.8 Å². The minimum atomic E-state index is -4.44. The van der Waals surface area contributed by atoms with E-state index in [1.165, 1.54) is 0 Å². The number of thioether (sulfide) groups is 1. The van der Waals surface area contributed by atoms with Gasteiger partial charge in [-0.25, -0.2) is 9.97 Å². The number of dihydropyridines is 1. The Bertz CT molecular complexity index is 842. The highest BCUT2D eigenvalue weighted by molar-refractivity contribution is 8.03. The fourth-order valence-corrected chi connectivity index (χ4v) is 3.49. The highest BCUT2D eigenvalue weighted by Crippen LogP contribution is 2.35. The summed E-state index contributed by atoms with van der Waals surface area (Å²) in [5.41, 5.74) is 0.736. The molecular weight excluding hydrogens is 353 g/mol. The Morgan fingerprint density at radius 3 is 2.92 bits per heavy atom. The number of aryl methyl sites for hydroxylation is 1. The number of hydrogen-bond acceptors (Lipinski definition) is 5. The molecule has 0 saturated heterocycles. The van der Waals surface area contributed by atoms with Crippen LogP contribution in [-0.2, 0) is 18.0 Å². The number of imidazole rings is 1. The van der Waals surface area contributed by atoms with Gasteiger partial charge in [0.2, 0.25) is 0 Å². The van der Waals surface area contributed by atoms with Gasteiger partial charge in [-0.3, -0.25) is 0 Å². The monoisotopic (exact) mass is 370 g/mol. The zero-order valence-electron chi connectivity index (χ0n) is 13.7. The van der Waals surface area contributed by atoms with Crippen molar-refractivity contribution >= 4 is 28.5 Å². The summed E-state index contributed by atoms with van der Waals surface area (Å²) in [5, 5.41) is 3.14. The van der Waals surface area contributed by atoms with Crippen molar-refractivity contribution in [2.24, 2.45) is 7.05 Å². The van der Waals surface area contributed by atoms with Crippen LogP contribution in [0.5, 0.6) is 0 Å². The Balaban J connectivity index is 1.98. The van der Waals surface area contributed by atoms with Gasteiger partial charge in [0.25, 0.3) is 0 Å². The van der Waals surface area contributed by atoms with E-state index in [4.69, 9.17) is 4.74 Å². The van der Waals surface area contributed by atoms with Crippen molar-refractivity contribution in [3.05, 3.63) is 40.8 Å². The molecule has 5 nitrogen and oxygen atoms in total. The van der Waals surface area contributed by atoms with Crippen LogP contribution in [-0.4, -0.2) is 40.5 Å². The second-order valence-corrected chi connectivity index (χ2v) is 6.57. The van der Waals surface area contributed by atoms with Crippen LogP contribution in [0.3, 0.4) is 0 Å². The van der Waals surface area contributed by atoms with Gasteiger partial charge in [0, 0.05) is 49.3 Å². The summed E-state index contributed by atoms with van der Waals surface area (Å²) in [6.07, 6.45) is 0.271. The second-order valence-electron chi connectivity index (χ2n) is 5.43. The SMILES string of the molecule is COCCSC1=CNCC=C1c1nc2cc(C(F)(F)F)cnc2n1C. The molecule has 0 bridgehead atoms. The molecule has 2 aromatic heterocycles. The van der Waals surface area contributed by atoms with Gasteiger partial charge in [0.1, 0.15) is 11.3 Å². The minimum absolute atomic E-state index is 0.230. The van der Waals surface area contributed by atoms with Crippen molar-refractivity contribution < 1.29 is 17.9 Å². The van der Waals surface area contributed by atoms with Crippen LogP contribution in [0.2, 0.25) is 0 Å². The van der Waals surface area contributed by atoms with Crippen LogP contribution in [0.15, 0.2) is 29.4 Å². The maximum atomic E-state index is 12.9. The quantitative estimate of drug-likeness (QED) is 0.820. The number of ether oxygens (including phenoxy) is 1. The lowest BCUT2D eigenvalue weighted by atomic mass is 10.2. The molecule has 0 fully saturated rings. The molecule has 3 rings (SSSR count). The standard InChI is InChI=1S/C16H17F3N4OS/c1-23-14(11-3-4-20-9-13(11)25-6-5-24-2)22-12-7-10(16(17,18)19)8-21-15(12)23/h3,7-9,20H,4-6H2,1-2H3. The van der Waals surface area contributed by atoms with E-state index >= 15 is 0 Å². The molecule has 3 heterocycles. The lowest BCUT2D eigenvalue weighted by Gasteiger charge is -2.16. The van der Waals surface area contributed by atoms with Gasteiger partial charge < -0.3 is 14.6 Å². The normalized spacial score (nSPS) is 15.1. The van der Waals surface area contributed by atoms with Gasteiger partial charge in [-0.1, -0.05) is 6.08 Å². The highest BCUT2D eigenvalue weighted by atomic mass is 32.2. The zero-order valence-corrected chi connectivity index (χ0v) is 14.5. The third-order valence-electron chi connectivity index (χ3n) is 3.74. The summed E-state index contributed by atoms with van der Waals surface area (Å²) in [6.45, 7) is 1.24. The molecular formula is C16H17F3N4OS. The highest BCUT2D eigenvalue weighted by Gasteiger charge is 2.32. The molecule has 0 amide bonds. The minimum Gasteiger partial charge on any atom is -0.386 e. The van der Waals surface area contributed by atoms with Gasteiger partial charge in [-0.05, 0) is 6.07 Å². The second kappa shape index (κ2) is 7.09. The predicted molar refractivity (Wildman–Crippen MR) is 91.9 cm³/mol. The number of fused-ring (bicyclic) bond motifs is 1. The number of aromatic nitrogens is 3. The third-order valence-corrected chi connectivity index (χ3v) is 4.76. The maximum absolute atomic E-state index is 12.9. The number of nitrogens with one attached hydrogen (secondary N) is 1. The molecule has 2 aromatic rings. The number of rotatable bonds is 5. The van der Waals surface area contributed by atoms with E-state index in [2.05, 4.69) is 15.3 Å². The van der Waals surface area contributed by atoms with Crippen LogP contribution < -0.4 is 5.32 Å². The van der Waals surface area contributed by atoms with Gasteiger partial charge in [0.15, 0.2) is 5.65 Å². The van der Waals surface area contributed by atoms with E-state index in [0.29, 0.717) is 24.6 Å². The Morgan fingerprint density at radius 2 is 2.20 bits per heavy atom. The number of halogens is 3. The Morgan fingerprint density at radius 1 is 1.40 bits per heavy atom. The number of allylic oxidation sites excluding steroid dienone is 1. The summed E-state index contributed by atoms with van der Waals surface area (Å²) in [5.74, 6) is 1.36. The molecule has 0 aromatic carbocycles. The van der Waals surface area contributed by atoms with Crippen molar-refractivity contribution in [1.29, 1.82) is 0 Å². The van der Waals surface area contributed by atoms with E-state index in [0.717, 1.165) is 28.5 Å². The topological polar surface area (TPSA) is 52.0 Å². The maximum Gasteiger partial charge on any atom is 0.417 e. The van der Waals surface area contributed by atoms with Crippen LogP contribution in [0.4, 0.5) is 13.2 Å². The number of nitrogens with zero attached hydrogens (tertiary/aromatic N) is 3. The van der Waals surface area contributed by atoms with E-state index in [-0.39, 0.29) is 5.52 Å². The first kappa shape index (κ1) is 17.8. The molecule has 25 heavy (non-hydrogen) atoms. The molecule has 1 aliphatic rings. The lowest BCUT2D eigenvalue weighted by molar-refractivity contribution is -0.137. The van der Waals surface area contributed by atoms with Crippen molar-refractivity contribution in [2.45, 2.75) is 6.18 Å². The lowest BCUT2D eigenvalue weighted by Crippen LogP contribution is -2.13. The average Bonchev–Trinajstić information content (AvgIpc) is 2.91. The largest absolute Gasteiger partial charge is 0.417 e. The molecule has 0 saturated carbocycles. The van der Waals surface area contributed by atoms with E-state index in [9.17, 15) is 13.2 Å². The van der Waals surface area contributed by atoms with Gasteiger partial charge in [0.05, 0.1) is 12.2 Å². The Hall–Kier alpha value is -2.00. The van der Waals surface area contributed by atoms with Crippen molar-refractivity contribution in [3.63, 3.8) is 0 Å². The van der Waals surface area contributed by atoms with Gasteiger partial charge in [-0.2, -0.15) is 13.2 Å². The van der Waals surface area contributed by atoms with Crippen molar-refractivity contribution in [2.75, 3.05) is 26.0 Å². The summed E-state index contributed by atoms with van der Waals surface area (Å²) < 4.78 is 45.5. The molecule has 1 N–H and O–H groups in total. The van der Waals surface area contributed by atoms with Crippen LogP contribution >= 0.6 is 11.8 Å². The van der Waals surface area contributed by atoms with Gasteiger partial charge >= 0.3 is 6.18 Å². The number of pyridine rings is 1. The van der Waals surface area contributed by atoms with Crippen LogP contribution in [0, 0.1) is 0 Å². The summed E-state index contributed by atoms with van der Waals surface area (Å²) >= 11 is 1.60. The summed E-state index contributed by atoms with van der Waals surface area (Å²) in [4.78, 5) is 9.33. The molecule has 1 aliphatic heterocycles. The van der Waals surface area contributed by atoms with E-state index in [1.54, 1.807) is 30.5 Å². The zero-order chi connectivity index (χ0) is 18.0. The number of alkyl halides is 3. The molecule has 134 valence electrons. The van der Waals surface area contributed by atoms with Crippen molar-refractivity contribution in [1.82, 2.24) is 19.9 Å². The number of methoxy groups -OCH3 is 1. The molecule has 9 heteroatoms. The molecule has 0 aliphatic carbocycles. The van der Waals surface area contributed by atoms with Crippen LogP contribution in [0.25, 0.3) is 16.7 Å². The molecule has 0 radical (unpaired) electrons. The Labute approximate surface area is 147 Å². The van der Waals surface area contributed by atoms with E-state index < -0.39 is 11.7 Å². The summed E-state index contributed by atoms with van der Waals surface area (Å²) in [7, 11) is 3.39. The van der Waals surface area contributed by atoms with Crippen LogP contribution in [0.1, 0.15) is 11.4 Å². The first-order valence-corrected chi connectivity index (χ1v) is 8.56. The number of hydrogen-bond donors (Lipinski definition) is 1. The fourth-order valence-electron chi connectivity index (χ4n) is 2.52. The van der Waals surface area contributed by atoms with E-state index in [1.807, 2.05) is 12.3 Å². The summed E-state index contributed by atoms with van der Waals surface area (Å²) in [6, 6.07) is 1.04.